The van der Waals surface area contributed by atoms with Gasteiger partial charge < -0.3 is 20.1 Å². The van der Waals surface area contributed by atoms with Crippen molar-refractivity contribution in [3.63, 3.8) is 0 Å². The molecular formula is C17H17FN2O4. The van der Waals surface area contributed by atoms with E-state index in [2.05, 4.69) is 15.4 Å². The Balaban J connectivity index is 2.02. The molecule has 0 radical (unpaired) electrons. The monoisotopic (exact) mass is 332 g/mol. The first-order valence-electron chi connectivity index (χ1n) is 7.09. The van der Waals surface area contributed by atoms with Gasteiger partial charge in [0.05, 0.1) is 37.7 Å². The molecule has 0 aromatic heterocycles. The number of hydrogen-bond donors (Lipinski definition) is 2. The van der Waals surface area contributed by atoms with Crippen molar-refractivity contribution < 1.29 is 23.5 Å². The van der Waals surface area contributed by atoms with Crippen LogP contribution in [-0.4, -0.2) is 32.6 Å². The van der Waals surface area contributed by atoms with Crippen molar-refractivity contribution >= 4 is 23.3 Å². The van der Waals surface area contributed by atoms with Crippen molar-refractivity contribution in [1.82, 2.24) is 0 Å². The van der Waals surface area contributed by atoms with Crippen LogP contribution in [-0.2, 0) is 9.53 Å². The minimum Gasteiger partial charge on any atom is -0.495 e. The van der Waals surface area contributed by atoms with Crippen LogP contribution in [0.5, 0.6) is 5.75 Å². The van der Waals surface area contributed by atoms with E-state index in [0.29, 0.717) is 11.4 Å². The number of nitrogens with one attached hydrogen (secondary N) is 2. The third kappa shape index (κ3) is 4.22. The minimum atomic E-state index is -0.587. The summed E-state index contributed by atoms with van der Waals surface area (Å²) in [7, 11) is 2.73. The van der Waals surface area contributed by atoms with E-state index in [0.717, 1.165) is 6.07 Å². The molecule has 0 aliphatic rings. The second kappa shape index (κ2) is 7.96. The fourth-order valence-corrected chi connectivity index (χ4v) is 2.02. The summed E-state index contributed by atoms with van der Waals surface area (Å²) < 4.78 is 23.5. The lowest BCUT2D eigenvalue weighted by Gasteiger charge is -2.11. The summed E-state index contributed by atoms with van der Waals surface area (Å²) in [6.45, 7) is -0.181. The lowest BCUT2D eigenvalue weighted by Crippen LogP contribution is -2.22. The summed E-state index contributed by atoms with van der Waals surface area (Å²) >= 11 is 0. The Bertz CT molecular complexity index is 749. The molecule has 0 saturated heterocycles. The summed E-state index contributed by atoms with van der Waals surface area (Å²) in [4.78, 5) is 23.5. The van der Waals surface area contributed by atoms with Gasteiger partial charge in [0, 0.05) is 0 Å². The Kier molecular flexibility index (Phi) is 5.73. The Morgan fingerprint density at radius 1 is 1.08 bits per heavy atom. The first-order chi connectivity index (χ1) is 11.5. The second-order valence-electron chi connectivity index (χ2n) is 4.79. The van der Waals surface area contributed by atoms with E-state index in [1.165, 1.54) is 26.4 Å². The number of rotatable bonds is 6. The van der Waals surface area contributed by atoms with Gasteiger partial charge in [-0.25, -0.2) is 9.18 Å². The molecule has 0 heterocycles. The normalized spacial score (nSPS) is 9.96. The lowest BCUT2D eigenvalue weighted by atomic mass is 10.2. The molecule has 0 unspecified atom stereocenters. The van der Waals surface area contributed by atoms with Gasteiger partial charge in [-0.1, -0.05) is 12.1 Å². The Hall–Kier alpha value is -3.09. The molecule has 2 aromatic rings. The van der Waals surface area contributed by atoms with Crippen LogP contribution < -0.4 is 15.4 Å². The maximum Gasteiger partial charge on any atom is 0.337 e. The Morgan fingerprint density at radius 2 is 1.83 bits per heavy atom. The zero-order valence-corrected chi connectivity index (χ0v) is 13.3. The predicted molar refractivity (Wildman–Crippen MR) is 87.9 cm³/mol. The van der Waals surface area contributed by atoms with Crippen molar-refractivity contribution in [3.8, 4) is 5.75 Å². The van der Waals surface area contributed by atoms with Crippen LogP contribution >= 0.6 is 0 Å². The van der Waals surface area contributed by atoms with Crippen LogP contribution in [0.1, 0.15) is 10.4 Å². The third-order valence-electron chi connectivity index (χ3n) is 3.21. The summed E-state index contributed by atoms with van der Waals surface area (Å²) in [5, 5.41) is 5.31. The maximum absolute atomic E-state index is 13.8. The van der Waals surface area contributed by atoms with Gasteiger partial charge in [0.1, 0.15) is 11.6 Å². The Labute approximate surface area is 138 Å². The standard InChI is InChI=1S/C17H17FN2O4/c1-23-15-6-4-3-5-13(15)20-16(21)10-19-14-9-11(17(22)24-2)7-8-12(14)18/h3-9,19H,10H2,1-2H3,(H,20,21). The predicted octanol–water partition coefficient (Wildman–Crippen LogP) is 2.67. The molecule has 0 spiro atoms. The van der Waals surface area contributed by atoms with Gasteiger partial charge >= 0.3 is 5.97 Å². The number of halogens is 1. The number of para-hydroxylation sites is 2. The maximum atomic E-state index is 13.8. The van der Waals surface area contributed by atoms with Crippen molar-refractivity contribution in [3.05, 3.63) is 53.8 Å². The molecule has 0 fully saturated rings. The fourth-order valence-electron chi connectivity index (χ4n) is 2.02. The van der Waals surface area contributed by atoms with Crippen molar-refractivity contribution in [1.29, 1.82) is 0 Å². The first kappa shape index (κ1) is 17.3. The zero-order chi connectivity index (χ0) is 17.5. The van der Waals surface area contributed by atoms with E-state index in [1.807, 2.05) is 0 Å². The molecule has 0 aliphatic heterocycles. The van der Waals surface area contributed by atoms with E-state index in [4.69, 9.17) is 4.74 Å². The molecule has 24 heavy (non-hydrogen) atoms. The van der Waals surface area contributed by atoms with Gasteiger partial charge in [0.2, 0.25) is 5.91 Å². The molecule has 2 rings (SSSR count). The van der Waals surface area contributed by atoms with Gasteiger partial charge in [-0.2, -0.15) is 0 Å². The number of amides is 1. The average molecular weight is 332 g/mol. The highest BCUT2D eigenvalue weighted by molar-refractivity contribution is 5.95. The minimum absolute atomic E-state index is 0.0353. The van der Waals surface area contributed by atoms with Gasteiger partial charge in [-0.15, -0.1) is 0 Å². The van der Waals surface area contributed by atoms with E-state index >= 15 is 0 Å². The highest BCUT2D eigenvalue weighted by atomic mass is 19.1. The first-order valence-corrected chi connectivity index (χ1v) is 7.09. The van der Waals surface area contributed by atoms with Crippen LogP contribution in [0.2, 0.25) is 0 Å². The molecular weight excluding hydrogens is 315 g/mol. The van der Waals surface area contributed by atoms with Gasteiger partial charge in [0.15, 0.2) is 0 Å². The molecule has 0 aliphatic carbocycles. The smallest absolute Gasteiger partial charge is 0.337 e. The number of carbonyl (C=O) groups is 2. The van der Waals surface area contributed by atoms with E-state index in [-0.39, 0.29) is 23.7 Å². The highest BCUT2D eigenvalue weighted by Crippen LogP contribution is 2.23. The van der Waals surface area contributed by atoms with Crippen LogP contribution in [0.4, 0.5) is 15.8 Å². The van der Waals surface area contributed by atoms with E-state index < -0.39 is 11.8 Å². The second-order valence-corrected chi connectivity index (χ2v) is 4.79. The van der Waals surface area contributed by atoms with Crippen LogP contribution in [0.15, 0.2) is 42.5 Å². The number of esters is 1. The molecule has 126 valence electrons. The molecule has 0 bridgehead atoms. The van der Waals surface area contributed by atoms with Crippen molar-refractivity contribution in [2.45, 2.75) is 0 Å². The van der Waals surface area contributed by atoms with Gasteiger partial charge in [0.25, 0.3) is 0 Å². The lowest BCUT2D eigenvalue weighted by molar-refractivity contribution is -0.114. The molecule has 0 atom stereocenters. The van der Waals surface area contributed by atoms with E-state index in [1.54, 1.807) is 24.3 Å². The molecule has 0 saturated carbocycles. The SMILES string of the molecule is COC(=O)c1ccc(F)c(NCC(=O)Nc2ccccc2OC)c1. The number of hydrogen-bond acceptors (Lipinski definition) is 5. The van der Waals surface area contributed by atoms with Crippen LogP contribution in [0.25, 0.3) is 0 Å². The number of ether oxygens (including phenoxy) is 2. The number of methoxy groups -OCH3 is 2. The van der Waals surface area contributed by atoms with Gasteiger partial charge in [-0.3, -0.25) is 4.79 Å². The van der Waals surface area contributed by atoms with Crippen LogP contribution in [0.3, 0.4) is 0 Å². The molecule has 6 nitrogen and oxygen atoms in total. The summed E-state index contributed by atoms with van der Waals surface area (Å²) in [6.07, 6.45) is 0. The zero-order valence-electron chi connectivity index (χ0n) is 13.3. The quantitative estimate of drug-likeness (QED) is 0.796. The van der Waals surface area contributed by atoms with Gasteiger partial charge in [-0.05, 0) is 30.3 Å². The fraction of sp³-hybridized carbons (Fsp3) is 0.176. The molecule has 1 amide bonds. The number of carbonyl (C=O) groups excluding carboxylic acids is 2. The number of anilines is 2. The summed E-state index contributed by atoms with van der Waals surface area (Å²) in [5.41, 5.74) is 0.732. The van der Waals surface area contributed by atoms with Crippen molar-refractivity contribution in [2.24, 2.45) is 0 Å². The summed E-state index contributed by atoms with van der Waals surface area (Å²) in [5.74, 6) is -1.03. The van der Waals surface area contributed by atoms with Crippen LogP contribution in [0, 0.1) is 5.82 Å². The van der Waals surface area contributed by atoms with Crippen molar-refractivity contribution in [2.75, 3.05) is 31.4 Å². The van der Waals surface area contributed by atoms with E-state index in [9.17, 15) is 14.0 Å². The molecule has 2 aromatic carbocycles. The Morgan fingerprint density at radius 3 is 2.54 bits per heavy atom. The highest BCUT2D eigenvalue weighted by Gasteiger charge is 2.12. The third-order valence-corrected chi connectivity index (χ3v) is 3.21. The number of benzene rings is 2. The molecule has 7 heteroatoms. The average Bonchev–Trinajstić information content (AvgIpc) is 2.60. The topological polar surface area (TPSA) is 76.7 Å². The largest absolute Gasteiger partial charge is 0.495 e. The molecule has 2 N–H and O–H groups in total. The summed E-state index contributed by atoms with van der Waals surface area (Å²) in [6, 6.07) is 10.7.